The topological polar surface area (TPSA) is 49.6 Å². The highest BCUT2D eigenvalue weighted by molar-refractivity contribution is 5.98. The number of pyridine rings is 1. The fourth-order valence-electron chi connectivity index (χ4n) is 4.78. The minimum absolute atomic E-state index is 0.850. The van der Waals surface area contributed by atoms with Gasteiger partial charge < -0.3 is 9.80 Å². The van der Waals surface area contributed by atoms with Gasteiger partial charge in [0, 0.05) is 67.0 Å². The summed E-state index contributed by atoms with van der Waals surface area (Å²) in [6.07, 6.45) is 7.79. The molecule has 1 aliphatic heterocycles. The van der Waals surface area contributed by atoms with Crippen LogP contribution >= 0.6 is 0 Å². The van der Waals surface area contributed by atoms with Crippen molar-refractivity contribution in [3.63, 3.8) is 0 Å². The Bertz CT molecular complexity index is 1490. The summed E-state index contributed by atoms with van der Waals surface area (Å²) < 4.78 is 1.88. The molecule has 6 heteroatoms. The van der Waals surface area contributed by atoms with Gasteiger partial charge in [0.25, 0.3) is 0 Å². The van der Waals surface area contributed by atoms with Gasteiger partial charge in [0.2, 0.25) is 0 Å². The molecule has 3 aromatic heterocycles. The number of hydrogen-bond acceptors (Lipinski definition) is 5. The van der Waals surface area contributed by atoms with Crippen molar-refractivity contribution in [2.24, 2.45) is 0 Å². The Morgan fingerprint density at radius 1 is 0.765 bits per heavy atom. The first kappa shape index (κ1) is 20.8. The lowest BCUT2D eigenvalue weighted by molar-refractivity contribution is 0.313. The number of piperazine rings is 1. The van der Waals surface area contributed by atoms with Gasteiger partial charge in [-0.25, -0.2) is 9.50 Å². The van der Waals surface area contributed by atoms with Crippen molar-refractivity contribution in [1.82, 2.24) is 24.5 Å². The average Bonchev–Trinajstić information content (AvgIpc) is 3.28. The molecule has 2 aromatic carbocycles. The molecule has 170 valence electrons. The number of fused-ring (bicyclic) bond motifs is 2. The molecule has 0 radical (unpaired) electrons. The van der Waals surface area contributed by atoms with Crippen LogP contribution in [-0.4, -0.2) is 57.7 Å². The number of rotatable bonds is 3. The number of aryl methyl sites for hydroxylation is 2. The molecule has 0 aliphatic carbocycles. The molecule has 1 saturated heterocycles. The summed E-state index contributed by atoms with van der Waals surface area (Å²) in [5, 5.41) is 5.78. The highest BCUT2D eigenvalue weighted by Crippen LogP contribution is 2.32. The molecule has 5 aromatic rings. The van der Waals surface area contributed by atoms with Gasteiger partial charge in [-0.15, -0.1) is 0 Å². The Labute approximate surface area is 199 Å². The fourth-order valence-corrected chi connectivity index (χ4v) is 4.78. The number of benzene rings is 2. The van der Waals surface area contributed by atoms with Crippen LogP contribution in [0.5, 0.6) is 0 Å². The van der Waals surface area contributed by atoms with Crippen molar-refractivity contribution in [3.05, 3.63) is 78.4 Å². The zero-order valence-corrected chi connectivity index (χ0v) is 19.9. The van der Waals surface area contributed by atoms with Gasteiger partial charge in [-0.05, 0) is 73.5 Å². The number of aromatic nitrogens is 4. The van der Waals surface area contributed by atoms with Gasteiger partial charge in [0.15, 0.2) is 5.65 Å². The number of anilines is 1. The molecule has 1 aliphatic rings. The van der Waals surface area contributed by atoms with Gasteiger partial charge in [-0.2, -0.15) is 5.10 Å². The molecule has 0 atom stereocenters. The third-order valence-electron chi connectivity index (χ3n) is 7.07. The van der Waals surface area contributed by atoms with E-state index in [1.165, 1.54) is 16.8 Å². The van der Waals surface area contributed by atoms with E-state index < -0.39 is 0 Å². The summed E-state index contributed by atoms with van der Waals surface area (Å²) in [7, 11) is 2.18. The summed E-state index contributed by atoms with van der Waals surface area (Å²) in [6.45, 7) is 8.62. The average molecular weight is 449 g/mol. The van der Waals surface area contributed by atoms with Crippen LogP contribution in [0.2, 0.25) is 0 Å². The Morgan fingerprint density at radius 3 is 2.32 bits per heavy atom. The van der Waals surface area contributed by atoms with Crippen molar-refractivity contribution in [2.75, 3.05) is 38.1 Å². The first-order valence-corrected chi connectivity index (χ1v) is 11.8. The molecule has 0 N–H and O–H groups in total. The monoisotopic (exact) mass is 448 g/mol. The molecule has 34 heavy (non-hydrogen) atoms. The van der Waals surface area contributed by atoms with Gasteiger partial charge in [0.1, 0.15) is 0 Å². The van der Waals surface area contributed by atoms with E-state index in [4.69, 9.17) is 4.98 Å². The normalized spacial score (nSPS) is 14.9. The SMILES string of the molecule is Cc1cc2nccc(-c3cnn4cc(-c5ccc(N6CCN(C)CC6)cc5)cnc34)c2cc1C. The summed E-state index contributed by atoms with van der Waals surface area (Å²) in [5.41, 5.74) is 9.96. The minimum atomic E-state index is 0.850. The third-order valence-corrected chi connectivity index (χ3v) is 7.07. The van der Waals surface area contributed by atoms with E-state index in [-0.39, 0.29) is 0 Å². The fraction of sp³-hybridized carbons (Fsp3) is 0.250. The molecular weight excluding hydrogens is 420 g/mol. The molecule has 1 fully saturated rings. The van der Waals surface area contributed by atoms with Crippen LogP contribution in [0.15, 0.2) is 67.3 Å². The van der Waals surface area contributed by atoms with Gasteiger partial charge >= 0.3 is 0 Å². The van der Waals surface area contributed by atoms with Crippen molar-refractivity contribution in [2.45, 2.75) is 13.8 Å². The largest absolute Gasteiger partial charge is 0.369 e. The molecular formula is C28H28N6. The maximum atomic E-state index is 4.83. The van der Waals surface area contributed by atoms with Gasteiger partial charge in [-0.3, -0.25) is 4.98 Å². The molecule has 0 unspecified atom stereocenters. The minimum Gasteiger partial charge on any atom is -0.369 e. The van der Waals surface area contributed by atoms with Crippen LogP contribution in [0.3, 0.4) is 0 Å². The van der Waals surface area contributed by atoms with Crippen LogP contribution in [0.1, 0.15) is 11.1 Å². The van der Waals surface area contributed by atoms with Crippen molar-refractivity contribution in [3.8, 4) is 22.3 Å². The predicted molar refractivity (Wildman–Crippen MR) is 138 cm³/mol. The second-order valence-corrected chi connectivity index (χ2v) is 9.32. The van der Waals surface area contributed by atoms with E-state index in [0.717, 1.165) is 65.0 Å². The molecule has 4 heterocycles. The predicted octanol–water partition coefficient (Wildman–Crippen LogP) is 4.98. The van der Waals surface area contributed by atoms with E-state index in [0.29, 0.717) is 0 Å². The molecule has 6 nitrogen and oxygen atoms in total. The van der Waals surface area contributed by atoms with E-state index in [9.17, 15) is 0 Å². The summed E-state index contributed by atoms with van der Waals surface area (Å²) in [6, 6.07) is 15.2. The smallest absolute Gasteiger partial charge is 0.162 e. The number of nitrogens with zero attached hydrogens (tertiary/aromatic N) is 6. The second kappa shape index (κ2) is 8.22. The summed E-state index contributed by atoms with van der Waals surface area (Å²) in [4.78, 5) is 14.2. The van der Waals surface area contributed by atoms with Gasteiger partial charge in [-0.1, -0.05) is 12.1 Å². The third kappa shape index (κ3) is 3.60. The zero-order valence-electron chi connectivity index (χ0n) is 19.9. The molecule has 0 amide bonds. The van der Waals surface area contributed by atoms with E-state index in [2.05, 4.69) is 89.4 Å². The molecule has 0 saturated carbocycles. The summed E-state index contributed by atoms with van der Waals surface area (Å²) >= 11 is 0. The lowest BCUT2D eigenvalue weighted by atomic mass is 9.99. The van der Waals surface area contributed by atoms with Gasteiger partial charge in [0.05, 0.1) is 11.7 Å². The quantitative estimate of drug-likeness (QED) is 0.390. The van der Waals surface area contributed by atoms with E-state index in [1.807, 2.05) is 23.1 Å². The lowest BCUT2D eigenvalue weighted by Crippen LogP contribution is -2.44. The Hall–Kier alpha value is -3.77. The highest BCUT2D eigenvalue weighted by atomic mass is 15.2. The Balaban J connectivity index is 1.34. The maximum Gasteiger partial charge on any atom is 0.162 e. The number of likely N-dealkylation sites (N-methyl/N-ethyl adjacent to an activating group) is 1. The first-order valence-electron chi connectivity index (χ1n) is 11.8. The van der Waals surface area contributed by atoms with Crippen LogP contribution in [-0.2, 0) is 0 Å². The molecule has 0 bridgehead atoms. The lowest BCUT2D eigenvalue weighted by Gasteiger charge is -2.34. The zero-order chi connectivity index (χ0) is 23.2. The molecule has 0 spiro atoms. The van der Waals surface area contributed by atoms with Crippen LogP contribution < -0.4 is 4.90 Å². The van der Waals surface area contributed by atoms with Crippen LogP contribution in [0.4, 0.5) is 5.69 Å². The maximum absolute atomic E-state index is 4.83. The van der Waals surface area contributed by atoms with Crippen LogP contribution in [0.25, 0.3) is 38.8 Å². The first-order chi connectivity index (χ1) is 16.6. The van der Waals surface area contributed by atoms with E-state index >= 15 is 0 Å². The van der Waals surface area contributed by atoms with Crippen LogP contribution in [0, 0.1) is 13.8 Å². The van der Waals surface area contributed by atoms with Crippen molar-refractivity contribution in [1.29, 1.82) is 0 Å². The second-order valence-electron chi connectivity index (χ2n) is 9.32. The summed E-state index contributed by atoms with van der Waals surface area (Å²) in [5.74, 6) is 0. The van der Waals surface area contributed by atoms with Crippen molar-refractivity contribution >= 4 is 22.2 Å². The Kier molecular flexibility index (Phi) is 5.03. The van der Waals surface area contributed by atoms with Crippen molar-refractivity contribution < 1.29 is 0 Å². The Morgan fingerprint density at radius 2 is 1.53 bits per heavy atom. The molecule has 6 rings (SSSR count). The number of hydrogen-bond donors (Lipinski definition) is 0. The van der Waals surface area contributed by atoms with E-state index in [1.54, 1.807) is 0 Å². The highest BCUT2D eigenvalue weighted by Gasteiger charge is 2.15. The standard InChI is InChI=1S/C28H28N6/c1-19-14-25-24(8-9-29-27(25)15-20(19)2)26-17-31-34-18-22(16-30-28(26)34)21-4-6-23(7-5-21)33-12-10-32(3)11-13-33/h4-9,14-18H,10-13H2,1-3H3.